The first-order chi connectivity index (χ1) is 9.06. The lowest BCUT2D eigenvalue weighted by Gasteiger charge is -2.01. The third-order valence-corrected chi connectivity index (χ3v) is 3.83. The minimum absolute atomic E-state index is 0. The number of nitrogens with zero attached hydrogens (tertiary/aromatic N) is 2. The standard InChI is InChI=1S/C17H24N2.2BrH/c1-14-6-10-18(12-16(14)3)8-5-9-19-11-7-15(2)17(4)13-19;;/h6-7,10-13H,5,8-9H2,1-4H3;2*1H/q+2;;/p-2. The van der Waals surface area contributed by atoms with Gasteiger partial charge in [-0.25, -0.2) is 9.13 Å². The van der Waals surface area contributed by atoms with Crippen molar-refractivity contribution in [3.8, 4) is 0 Å². The van der Waals surface area contributed by atoms with Crippen molar-refractivity contribution in [1.82, 2.24) is 0 Å². The molecule has 0 bridgehead atoms. The zero-order valence-corrected chi connectivity index (χ0v) is 16.4. The summed E-state index contributed by atoms with van der Waals surface area (Å²) in [6.45, 7) is 10.8. The number of pyridine rings is 2. The fourth-order valence-corrected chi connectivity index (χ4v) is 2.18. The number of halogens is 2. The van der Waals surface area contributed by atoms with Crippen molar-refractivity contribution < 1.29 is 43.1 Å². The van der Waals surface area contributed by atoms with Crippen LogP contribution in [0.2, 0.25) is 0 Å². The molecule has 2 nitrogen and oxygen atoms in total. The summed E-state index contributed by atoms with van der Waals surface area (Å²) < 4.78 is 4.56. The predicted octanol–water partition coefficient (Wildman–Crippen LogP) is -3.41. The van der Waals surface area contributed by atoms with Crippen LogP contribution in [0.5, 0.6) is 0 Å². The van der Waals surface area contributed by atoms with Crippen molar-refractivity contribution in [3.05, 3.63) is 59.2 Å². The maximum Gasteiger partial charge on any atom is 0.171 e. The minimum atomic E-state index is 0. The van der Waals surface area contributed by atoms with Crippen LogP contribution in [0.4, 0.5) is 0 Å². The van der Waals surface area contributed by atoms with E-state index in [1.54, 1.807) is 0 Å². The van der Waals surface area contributed by atoms with Crippen LogP contribution in [0.25, 0.3) is 0 Å². The van der Waals surface area contributed by atoms with Gasteiger partial charge in [0.2, 0.25) is 0 Å². The van der Waals surface area contributed by atoms with Gasteiger partial charge in [0.25, 0.3) is 0 Å². The monoisotopic (exact) mass is 414 g/mol. The number of hydrogen-bond donors (Lipinski definition) is 0. The van der Waals surface area contributed by atoms with E-state index in [4.69, 9.17) is 0 Å². The Morgan fingerprint density at radius 2 is 1.05 bits per heavy atom. The molecule has 2 heterocycles. The van der Waals surface area contributed by atoms with Gasteiger partial charge in [0.15, 0.2) is 37.9 Å². The zero-order chi connectivity index (χ0) is 13.8. The zero-order valence-electron chi connectivity index (χ0n) is 13.2. The molecule has 21 heavy (non-hydrogen) atoms. The largest absolute Gasteiger partial charge is 1.00 e. The molecule has 4 heteroatoms. The van der Waals surface area contributed by atoms with Gasteiger partial charge in [-0.1, -0.05) is 0 Å². The fourth-order valence-electron chi connectivity index (χ4n) is 2.18. The molecule has 0 radical (unpaired) electrons. The Kier molecular flexibility index (Phi) is 8.98. The molecule has 0 aromatic carbocycles. The summed E-state index contributed by atoms with van der Waals surface area (Å²) in [5.74, 6) is 0. The van der Waals surface area contributed by atoms with Crippen molar-refractivity contribution in [2.45, 2.75) is 47.2 Å². The van der Waals surface area contributed by atoms with Gasteiger partial charge in [0.1, 0.15) is 0 Å². The molecule has 0 unspecified atom stereocenters. The number of aryl methyl sites for hydroxylation is 6. The lowest BCUT2D eigenvalue weighted by atomic mass is 10.2. The van der Waals surface area contributed by atoms with E-state index in [9.17, 15) is 0 Å². The van der Waals surface area contributed by atoms with Crippen LogP contribution < -0.4 is 43.1 Å². The van der Waals surface area contributed by atoms with Crippen molar-refractivity contribution in [2.24, 2.45) is 0 Å². The first-order valence-electron chi connectivity index (χ1n) is 6.99. The highest BCUT2D eigenvalue weighted by atomic mass is 79.9. The van der Waals surface area contributed by atoms with Crippen LogP contribution >= 0.6 is 0 Å². The second-order valence-electron chi connectivity index (χ2n) is 5.45. The van der Waals surface area contributed by atoms with E-state index in [2.05, 4.69) is 73.7 Å². The van der Waals surface area contributed by atoms with E-state index in [1.807, 2.05) is 0 Å². The average Bonchev–Trinajstić information content (AvgIpc) is 2.38. The first kappa shape index (κ1) is 20.3. The van der Waals surface area contributed by atoms with Crippen LogP contribution in [0.3, 0.4) is 0 Å². The molecular formula is C17H24Br2N2. The Morgan fingerprint density at radius 1 is 0.667 bits per heavy atom. The lowest BCUT2D eigenvalue weighted by molar-refractivity contribution is -0.727. The summed E-state index contributed by atoms with van der Waals surface area (Å²) in [6.07, 6.45) is 9.97. The topological polar surface area (TPSA) is 7.76 Å². The number of aromatic nitrogens is 2. The summed E-state index contributed by atoms with van der Waals surface area (Å²) in [4.78, 5) is 0. The van der Waals surface area contributed by atoms with Crippen LogP contribution in [0.15, 0.2) is 36.9 Å². The molecule has 0 atom stereocenters. The molecule has 0 aliphatic heterocycles. The fraction of sp³-hybridized carbons (Fsp3) is 0.412. The van der Waals surface area contributed by atoms with E-state index in [0.717, 1.165) is 19.5 Å². The van der Waals surface area contributed by atoms with Crippen molar-refractivity contribution in [2.75, 3.05) is 0 Å². The molecule has 0 fully saturated rings. The molecule has 116 valence electrons. The quantitative estimate of drug-likeness (QED) is 0.460. The Hall–Kier alpha value is -0.740. The molecule has 0 amide bonds. The van der Waals surface area contributed by atoms with E-state index >= 15 is 0 Å². The van der Waals surface area contributed by atoms with Crippen LogP contribution in [0.1, 0.15) is 28.7 Å². The third kappa shape index (κ3) is 5.87. The van der Waals surface area contributed by atoms with E-state index in [0.29, 0.717) is 0 Å². The molecule has 0 saturated carbocycles. The third-order valence-electron chi connectivity index (χ3n) is 3.83. The molecule has 2 aromatic rings. The van der Waals surface area contributed by atoms with Gasteiger partial charge in [-0.3, -0.25) is 0 Å². The molecule has 0 aliphatic carbocycles. The predicted molar refractivity (Wildman–Crippen MR) is 76.8 cm³/mol. The van der Waals surface area contributed by atoms with Gasteiger partial charge in [-0.15, -0.1) is 0 Å². The molecule has 0 saturated heterocycles. The molecule has 2 aromatic heterocycles. The second kappa shape index (κ2) is 9.31. The Balaban J connectivity index is 0.00000200. The summed E-state index contributed by atoms with van der Waals surface area (Å²) in [6, 6.07) is 4.39. The summed E-state index contributed by atoms with van der Waals surface area (Å²) in [5.41, 5.74) is 5.45. The minimum Gasteiger partial charge on any atom is -1.00 e. The first-order valence-corrected chi connectivity index (χ1v) is 6.99. The van der Waals surface area contributed by atoms with E-state index in [1.165, 1.54) is 22.3 Å². The molecule has 0 aliphatic rings. The molecular weight excluding hydrogens is 392 g/mol. The van der Waals surface area contributed by atoms with Crippen LogP contribution in [-0.2, 0) is 13.1 Å². The Morgan fingerprint density at radius 3 is 1.38 bits per heavy atom. The average molecular weight is 416 g/mol. The van der Waals surface area contributed by atoms with E-state index < -0.39 is 0 Å². The molecule has 2 rings (SSSR count). The Bertz CT molecular complexity index is 531. The SMILES string of the molecule is Cc1cc[n+](CCC[n+]2ccc(C)c(C)c2)cc1C.[Br-].[Br-]. The van der Waals surface area contributed by atoms with Gasteiger partial charge >= 0.3 is 0 Å². The normalized spacial score (nSPS) is 9.71. The summed E-state index contributed by atoms with van der Waals surface area (Å²) >= 11 is 0. The number of rotatable bonds is 4. The molecule has 0 spiro atoms. The highest BCUT2D eigenvalue weighted by molar-refractivity contribution is 5.17. The highest BCUT2D eigenvalue weighted by Crippen LogP contribution is 2.02. The second-order valence-corrected chi connectivity index (χ2v) is 5.45. The molecule has 0 N–H and O–H groups in total. The smallest absolute Gasteiger partial charge is 0.171 e. The van der Waals surface area contributed by atoms with Crippen molar-refractivity contribution >= 4 is 0 Å². The van der Waals surface area contributed by atoms with Crippen LogP contribution in [-0.4, -0.2) is 0 Å². The summed E-state index contributed by atoms with van der Waals surface area (Å²) in [5, 5.41) is 0. The lowest BCUT2D eigenvalue weighted by Crippen LogP contribution is -3.00. The van der Waals surface area contributed by atoms with Crippen molar-refractivity contribution in [3.63, 3.8) is 0 Å². The maximum atomic E-state index is 2.28. The highest BCUT2D eigenvalue weighted by Gasteiger charge is 2.07. The van der Waals surface area contributed by atoms with Gasteiger partial charge in [0.05, 0.1) is 6.42 Å². The van der Waals surface area contributed by atoms with E-state index in [-0.39, 0.29) is 34.0 Å². The number of hydrogen-bond acceptors (Lipinski definition) is 0. The maximum absolute atomic E-state index is 2.28. The summed E-state index contributed by atoms with van der Waals surface area (Å²) in [7, 11) is 0. The van der Waals surface area contributed by atoms with Gasteiger partial charge in [-0.05, 0) is 38.8 Å². The van der Waals surface area contributed by atoms with Gasteiger partial charge in [-0.2, -0.15) is 0 Å². The van der Waals surface area contributed by atoms with Gasteiger partial charge in [0, 0.05) is 23.3 Å². The van der Waals surface area contributed by atoms with Crippen molar-refractivity contribution in [1.29, 1.82) is 0 Å². The van der Waals surface area contributed by atoms with Gasteiger partial charge < -0.3 is 34.0 Å². The van der Waals surface area contributed by atoms with Crippen LogP contribution in [0, 0.1) is 27.7 Å². The Labute approximate surface area is 149 Å².